The number of nitro benzene ring substituents is 2. The normalized spacial score (nSPS) is 14.0. The first-order valence-corrected chi connectivity index (χ1v) is 15.7. The van der Waals surface area contributed by atoms with Gasteiger partial charge in [-0.25, -0.2) is 10.2 Å². The Kier molecular flexibility index (Phi) is 12.2. The number of benzene rings is 3. The monoisotopic (exact) mass is 756 g/mol. The van der Waals surface area contributed by atoms with Gasteiger partial charge in [0.25, 0.3) is 11.6 Å². The van der Waals surface area contributed by atoms with Crippen LogP contribution < -0.4 is 30.3 Å². The van der Waals surface area contributed by atoms with E-state index in [4.69, 9.17) is 31.2 Å². The predicted molar refractivity (Wildman–Crippen MR) is 184 cm³/mol. The predicted octanol–water partition coefficient (Wildman–Crippen LogP) is 5.34. The number of ether oxygens (including phenoxy) is 4. The molecule has 1 atom stereocenters. The molecule has 3 aromatic rings. The Morgan fingerprint density at radius 3 is 2.47 bits per heavy atom. The number of carbonyl (C=O) groups is 2. The number of hydrogen-bond acceptors (Lipinski definition) is 12. The van der Waals surface area contributed by atoms with Gasteiger partial charge in [-0.15, -0.1) is 0 Å². The molecule has 1 aliphatic heterocycles. The number of nitro groups is 2. The highest BCUT2D eigenvalue weighted by Gasteiger charge is 2.33. The molecule has 0 fully saturated rings. The Bertz CT molecular complexity index is 1870. The van der Waals surface area contributed by atoms with Gasteiger partial charge < -0.3 is 29.6 Å². The van der Waals surface area contributed by atoms with Crippen LogP contribution in [0.5, 0.6) is 23.0 Å². The number of halogens is 1. The molecule has 49 heavy (non-hydrogen) atoms. The van der Waals surface area contributed by atoms with Crippen LogP contribution in [0.3, 0.4) is 0 Å². The molecular weight excluding hydrogens is 728 g/mol. The van der Waals surface area contributed by atoms with Crippen molar-refractivity contribution in [3.8, 4) is 23.0 Å². The lowest BCUT2D eigenvalue weighted by Gasteiger charge is -2.30. The molecular formula is C31H29BrN6O10S. The Balaban J connectivity index is 1.47. The van der Waals surface area contributed by atoms with Crippen LogP contribution >= 0.6 is 28.1 Å². The molecule has 1 aliphatic rings. The summed E-state index contributed by atoms with van der Waals surface area (Å²) in [5, 5.41) is 33.0. The van der Waals surface area contributed by atoms with Crippen LogP contribution in [0, 0.1) is 20.2 Å². The van der Waals surface area contributed by atoms with Crippen molar-refractivity contribution in [2.75, 3.05) is 19.8 Å². The second-order valence-corrected chi connectivity index (χ2v) is 11.2. The highest BCUT2D eigenvalue weighted by Crippen LogP contribution is 2.43. The van der Waals surface area contributed by atoms with Crippen molar-refractivity contribution in [1.82, 2.24) is 16.1 Å². The van der Waals surface area contributed by atoms with E-state index in [1.807, 2.05) is 0 Å². The molecule has 0 radical (unpaired) electrons. The Morgan fingerprint density at radius 1 is 1.02 bits per heavy atom. The zero-order chi connectivity index (χ0) is 35.7. The van der Waals surface area contributed by atoms with E-state index >= 15 is 0 Å². The summed E-state index contributed by atoms with van der Waals surface area (Å²) in [5.41, 5.74) is 3.16. The van der Waals surface area contributed by atoms with Crippen LogP contribution in [0.25, 0.3) is 0 Å². The van der Waals surface area contributed by atoms with E-state index in [9.17, 15) is 29.8 Å². The summed E-state index contributed by atoms with van der Waals surface area (Å²) in [5.74, 6) is -0.781. The van der Waals surface area contributed by atoms with Gasteiger partial charge in [-0.2, -0.15) is 5.10 Å². The van der Waals surface area contributed by atoms with Crippen LogP contribution in [0.4, 0.5) is 11.4 Å². The van der Waals surface area contributed by atoms with Crippen LogP contribution in [0.2, 0.25) is 0 Å². The maximum atomic E-state index is 12.8. The van der Waals surface area contributed by atoms with Crippen molar-refractivity contribution >= 4 is 62.7 Å². The molecule has 3 N–H and O–H groups in total. The summed E-state index contributed by atoms with van der Waals surface area (Å²) < 4.78 is 22.8. The number of amides is 1. The average molecular weight is 758 g/mol. The number of hydrogen-bond donors (Lipinski definition) is 3. The zero-order valence-electron chi connectivity index (χ0n) is 26.2. The SMILES string of the molecule is CCOC(=O)C1=C(C)NC(=S)N[C@@H]1c1ccccc1OCC(=O)NN=Cc1cc(Br)c(Oc2ccc([N+](=O)[O-])cc2[N+](=O)[O-])c(OCC)c1. The number of carbonyl (C=O) groups excluding carboxylic acids is 2. The lowest BCUT2D eigenvalue weighted by molar-refractivity contribution is -0.394. The summed E-state index contributed by atoms with van der Waals surface area (Å²) in [6, 6.07) is 12.3. The second kappa shape index (κ2) is 16.5. The van der Waals surface area contributed by atoms with Crippen LogP contribution in [0.1, 0.15) is 37.9 Å². The van der Waals surface area contributed by atoms with Crippen molar-refractivity contribution in [2.24, 2.45) is 5.10 Å². The number of allylic oxidation sites excluding steroid dienone is 1. The van der Waals surface area contributed by atoms with Gasteiger partial charge in [0.05, 0.1) is 51.4 Å². The standard InChI is InChI=1S/C31H29BrN6O10S/c1-4-45-25-13-18(12-21(32)29(25)48-24-11-10-19(37(41)42)14-22(24)38(43)44)15-33-36-26(39)16-47-23-9-7-6-8-20(23)28-27(30(40)46-5-2)17(3)34-31(49)35-28/h6-15,28H,4-5,16H2,1-3H3,(H,36,39)(H2,34,35,49)/t28-/m1/s1. The van der Waals surface area contributed by atoms with E-state index in [2.05, 4.69) is 37.1 Å². The van der Waals surface area contributed by atoms with Gasteiger partial charge in [0, 0.05) is 17.3 Å². The number of non-ortho nitro benzene ring substituents is 1. The summed E-state index contributed by atoms with van der Waals surface area (Å²) in [6.07, 6.45) is 1.33. The van der Waals surface area contributed by atoms with Crippen molar-refractivity contribution < 1.29 is 38.4 Å². The highest BCUT2D eigenvalue weighted by molar-refractivity contribution is 9.10. The van der Waals surface area contributed by atoms with E-state index in [-0.39, 0.29) is 30.5 Å². The fraction of sp³-hybridized carbons (Fsp3) is 0.226. The topological polar surface area (TPSA) is 206 Å². The molecule has 16 nitrogen and oxygen atoms in total. The van der Waals surface area contributed by atoms with Crippen LogP contribution in [-0.2, 0) is 14.3 Å². The van der Waals surface area contributed by atoms with E-state index in [0.717, 1.165) is 18.2 Å². The zero-order valence-corrected chi connectivity index (χ0v) is 28.6. The number of rotatable bonds is 14. The quantitative estimate of drug-likeness (QED) is 0.0625. The Labute approximate surface area is 292 Å². The molecule has 0 saturated heterocycles. The molecule has 4 rings (SSSR count). The third-order valence-electron chi connectivity index (χ3n) is 6.65. The molecule has 0 aromatic heterocycles. The molecule has 1 amide bonds. The summed E-state index contributed by atoms with van der Waals surface area (Å²) >= 11 is 8.67. The van der Waals surface area contributed by atoms with Crippen LogP contribution in [-0.4, -0.2) is 52.9 Å². The molecule has 0 unspecified atom stereocenters. The molecule has 256 valence electrons. The minimum atomic E-state index is -0.791. The third-order valence-corrected chi connectivity index (χ3v) is 7.46. The minimum Gasteiger partial charge on any atom is -0.490 e. The van der Waals surface area contributed by atoms with Crippen molar-refractivity contribution in [3.63, 3.8) is 0 Å². The van der Waals surface area contributed by atoms with E-state index < -0.39 is 45.7 Å². The second-order valence-electron chi connectivity index (χ2n) is 9.94. The average Bonchev–Trinajstić information content (AvgIpc) is 3.05. The molecule has 0 aliphatic carbocycles. The Morgan fingerprint density at radius 2 is 1.78 bits per heavy atom. The first-order valence-electron chi connectivity index (χ1n) is 14.5. The summed E-state index contributed by atoms with van der Waals surface area (Å²) in [7, 11) is 0. The van der Waals surface area contributed by atoms with Crippen molar-refractivity contribution in [2.45, 2.75) is 26.8 Å². The van der Waals surface area contributed by atoms with Gasteiger partial charge in [0.15, 0.2) is 23.2 Å². The number of esters is 1. The van der Waals surface area contributed by atoms with Gasteiger partial charge in [-0.1, -0.05) is 18.2 Å². The first kappa shape index (κ1) is 36.2. The number of nitrogens with zero attached hydrogens (tertiary/aromatic N) is 3. The van der Waals surface area contributed by atoms with Gasteiger partial charge in [0.2, 0.25) is 5.75 Å². The van der Waals surface area contributed by atoms with E-state index in [0.29, 0.717) is 37.7 Å². The van der Waals surface area contributed by atoms with Gasteiger partial charge in [-0.05, 0) is 78.7 Å². The van der Waals surface area contributed by atoms with E-state index in [1.54, 1.807) is 51.1 Å². The Hall–Kier alpha value is -5.62. The highest BCUT2D eigenvalue weighted by atomic mass is 79.9. The lowest BCUT2D eigenvalue weighted by Crippen LogP contribution is -2.45. The molecule has 0 bridgehead atoms. The van der Waals surface area contributed by atoms with Gasteiger partial charge in [0.1, 0.15) is 5.75 Å². The molecule has 18 heteroatoms. The number of hydrazone groups is 1. The van der Waals surface area contributed by atoms with E-state index in [1.165, 1.54) is 12.3 Å². The fourth-order valence-electron chi connectivity index (χ4n) is 4.59. The summed E-state index contributed by atoms with van der Waals surface area (Å²) in [4.78, 5) is 46.6. The smallest absolute Gasteiger partial charge is 0.338 e. The molecule has 3 aromatic carbocycles. The minimum absolute atomic E-state index is 0.0761. The maximum absolute atomic E-state index is 12.8. The molecule has 0 saturated carbocycles. The van der Waals surface area contributed by atoms with Crippen LogP contribution in [0.15, 0.2) is 75.4 Å². The van der Waals surface area contributed by atoms with Gasteiger partial charge >= 0.3 is 11.7 Å². The number of nitrogens with one attached hydrogen (secondary N) is 3. The number of para-hydroxylation sites is 1. The molecule has 0 spiro atoms. The van der Waals surface area contributed by atoms with Gasteiger partial charge in [-0.3, -0.25) is 25.0 Å². The third kappa shape index (κ3) is 9.05. The maximum Gasteiger partial charge on any atom is 0.338 e. The molecule has 1 heterocycles. The number of thiocarbonyl (C=S) groups is 1. The largest absolute Gasteiger partial charge is 0.490 e. The summed E-state index contributed by atoms with van der Waals surface area (Å²) in [6.45, 7) is 5.10. The first-order chi connectivity index (χ1) is 23.4. The van der Waals surface area contributed by atoms with Crippen molar-refractivity contribution in [3.05, 3.63) is 102 Å². The lowest BCUT2D eigenvalue weighted by atomic mass is 9.95. The van der Waals surface area contributed by atoms with Crippen molar-refractivity contribution in [1.29, 1.82) is 0 Å². The fourth-order valence-corrected chi connectivity index (χ4v) is 5.41.